The first-order chi connectivity index (χ1) is 7.22. The number of nitrogens with one attached hydrogen (secondary N) is 1. The maximum atomic E-state index is 3.70. The molecule has 0 aromatic carbocycles. The van der Waals surface area contributed by atoms with E-state index in [9.17, 15) is 0 Å². The van der Waals surface area contributed by atoms with Gasteiger partial charge in [-0.1, -0.05) is 40.0 Å². The Morgan fingerprint density at radius 3 is 2.53 bits per heavy atom. The Labute approximate surface area is 99.8 Å². The van der Waals surface area contributed by atoms with Crippen molar-refractivity contribution in [1.82, 2.24) is 5.32 Å². The molecule has 1 aliphatic carbocycles. The Morgan fingerprint density at radius 1 is 1.27 bits per heavy atom. The molecular weight excluding hydrogens is 202 g/mol. The molecule has 0 spiro atoms. The van der Waals surface area contributed by atoms with E-state index in [2.05, 4.69) is 37.8 Å². The predicted molar refractivity (Wildman–Crippen MR) is 71.6 cm³/mol. The van der Waals surface area contributed by atoms with Crippen LogP contribution >= 0.6 is 11.8 Å². The minimum atomic E-state index is 0.777. The summed E-state index contributed by atoms with van der Waals surface area (Å²) in [5, 5.41) is 4.48. The van der Waals surface area contributed by atoms with Crippen molar-refractivity contribution >= 4 is 11.8 Å². The number of rotatable bonds is 7. The van der Waals surface area contributed by atoms with Gasteiger partial charge in [0.05, 0.1) is 0 Å². The fraction of sp³-hybridized carbons (Fsp3) is 1.00. The SMILES string of the molecule is CCC(C)CSC(C)CNC1CCCC1. The lowest BCUT2D eigenvalue weighted by atomic mass is 10.2. The summed E-state index contributed by atoms with van der Waals surface area (Å²) in [6.45, 7) is 8.19. The van der Waals surface area contributed by atoms with Crippen molar-refractivity contribution in [3.63, 3.8) is 0 Å². The molecule has 1 rings (SSSR count). The van der Waals surface area contributed by atoms with Crippen LogP contribution in [0.25, 0.3) is 0 Å². The van der Waals surface area contributed by atoms with Gasteiger partial charge in [-0.15, -0.1) is 0 Å². The van der Waals surface area contributed by atoms with E-state index in [0.717, 1.165) is 17.2 Å². The zero-order chi connectivity index (χ0) is 11.1. The topological polar surface area (TPSA) is 12.0 Å². The third kappa shape index (κ3) is 5.82. The van der Waals surface area contributed by atoms with E-state index in [4.69, 9.17) is 0 Å². The number of hydrogen-bond acceptors (Lipinski definition) is 2. The molecule has 1 nitrogen and oxygen atoms in total. The zero-order valence-corrected chi connectivity index (χ0v) is 11.4. The third-order valence-electron chi connectivity index (χ3n) is 3.41. The Kier molecular flexibility index (Phi) is 6.74. The van der Waals surface area contributed by atoms with Gasteiger partial charge in [-0.05, 0) is 24.5 Å². The van der Waals surface area contributed by atoms with Crippen LogP contribution in [0.2, 0.25) is 0 Å². The van der Waals surface area contributed by atoms with Gasteiger partial charge in [0.1, 0.15) is 0 Å². The first-order valence-corrected chi connectivity index (χ1v) is 7.62. The van der Waals surface area contributed by atoms with Crippen molar-refractivity contribution < 1.29 is 0 Å². The highest BCUT2D eigenvalue weighted by molar-refractivity contribution is 7.99. The van der Waals surface area contributed by atoms with Crippen LogP contribution in [0.3, 0.4) is 0 Å². The highest BCUT2D eigenvalue weighted by Gasteiger charge is 2.15. The van der Waals surface area contributed by atoms with Crippen LogP contribution < -0.4 is 5.32 Å². The minimum Gasteiger partial charge on any atom is -0.313 e. The Morgan fingerprint density at radius 2 is 1.93 bits per heavy atom. The summed E-state index contributed by atoms with van der Waals surface area (Å²) in [5.41, 5.74) is 0. The molecule has 1 N–H and O–H groups in total. The lowest BCUT2D eigenvalue weighted by Crippen LogP contribution is -2.31. The number of thioether (sulfide) groups is 1. The average Bonchev–Trinajstić information content (AvgIpc) is 2.75. The standard InChI is InChI=1S/C13H27NS/c1-4-11(2)10-15-12(3)9-14-13-7-5-6-8-13/h11-14H,4-10H2,1-3H3. The highest BCUT2D eigenvalue weighted by atomic mass is 32.2. The summed E-state index contributed by atoms with van der Waals surface area (Å²) in [7, 11) is 0. The zero-order valence-electron chi connectivity index (χ0n) is 10.6. The summed E-state index contributed by atoms with van der Waals surface area (Å²) >= 11 is 2.13. The first-order valence-electron chi connectivity index (χ1n) is 6.57. The van der Waals surface area contributed by atoms with Crippen LogP contribution in [0, 0.1) is 5.92 Å². The molecule has 0 bridgehead atoms. The van der Waals surface area contributed by atoms with Crippen molar-refractivity contribution in [1.29, 1.82) is 0 Å². The first kappa shape index (κ1) is 13.4. The molecule has 2 heteroatoms. The Hall–Kier alpha value is 0.310. The molecule has 0 amide bonds. The molecule has 1 fully saturated rings. The molecule has 90 valence electrons. The Bertz CT molecular complexity index is 155. The van der Waals surface area contributed by atoms with Crippen molar-refractivity contribution in [2.45, 2.75) is 64.2 Å². The molecule has 1 aliphatic rings. The Balaban J connectivity index is 1.99. The molecule has 2 unspecified atom stereocenters. The fourth-order valence-corrected chi connectivity index (χ4v) is 3.07. The number of hydrogen-bond donors (Lipinski definition) is 1. The lowest BCUT2D eigenvalue weighted by molar-refractivity contribution is 0.526. The van der Waals surface area contributed by atoms with Gasteiger partial charge in [0, 0.05) is 17.8 Å². The maximum Gasteiger partial charge on any atom is 0.0144 e. The van der Waals surface area contributed by atoms with Crippen LogP contribution in [0.1, 0.15) is 52.9 Å². The summed E-state index contributed by atoms with van der Waals surface area (Å²) in [4.78, 5) is 0. The molecule has 1 saturated carbocycles. The van der Waals surface area contributed by atoms with Crippen molar-refractivity contribution in [3.05, 3.63) is 0 Å². The summed E-state index contributed by atoms with van der Waals surface area (Å²) in [5.74, 6) is 2.20. The smallest absolute Gasteiger partial charge is 0.0144 e. The van der Waals surface area contributed by atoms with E-state index < -0.39 is 0 Å². The molecule has 2 atom stereocenters. The molecule has 0 saturated heterocycles. The van der Waals surface area contributed by atoms with E-state index in [1.165, 1.54) is 44.4 Å². The van der Waals surface area contributed by atoms with E-state index in [-0.39, 0.29) is 0 Å². The summed E-state index contributed by atoms with van der Waals surface area (Å²) < 4.78 is 0. The fourth-order valence-electron chi connectivity index (χ4n) is 1.97. The van der Waals surface area contributed by atoms with Gasteiger partial charge in [0.2, 0.25) is 0 Å². The average molecular weight is 229 g/mol. The van der Waals surface area contributed by atoms with Gasteiger partial charge in [0.25, 0.3) is 0 Å². The highest BCUT2D eigenvalue weighted by Crippen LogP contribution is 2.19. The van der Waals surface area contributed by atoms with Crippen LogP contribution in [-0.4, -0.2) is 23.6 Å². The molecule has 0 aromatic rings. The van der Waals surface area contributed by atoms with Crippen LogP contribution in [0.15, 0.2) is 0 Å². The van der Waals surface area contributed by atoms with Gasteiger partial charge in [-0.3, -0.25) is 0 Å². The van der Waals surface area contributed by atoms with Gasteiger partial charge in [0.15, 0.2) is 0 Å². The second-order valence-corrected chi connectivity index (χ2v) is 6.52. The van der Waals surface area contributed by atoms with Gasteiger partial charge < -0.3 is 5.32 Å². The summed E-state index contributed by atoms with van der Waals surface area (Å²) in [6, 6.07) is 0.830. The molecule has 15 heavy (non-hydrogen) atoms. The second-order valence-electron chi connectivity index (χ2n) is 5.05. The third-order valence-corrected chi connectivity index (χ3v) is 4.91. The van der Waals surface area contributed by atoms with Crippen molar-refractivity contribution in [2.24, 2.45) is 5.92 Å². The van der Waals surface area contributed by atoms with E-state index in [0.29, 0.717) is 0 Å². The van der Waals surface area contributed by atoms with Crippen molar-refractivity contribution in [3.8, 4) is 0 Å². The lowest BCUT2D eigenvalue weighted by Gasteiger charge is -2.18. The van der Waals surface area contributed by atoms with E-state index in [1.54, 1.807) is 0 Å². The predicted octanol–water partition coefficient (Wildman–Crippen LogP) is 3.69. The quantitative estimate of drug-likeness (QED) is 0.714. The van der Waals surface area contributed by atoms with E-state index >= 15 is 0 Å². The van der Waals surface area contributed by atoms with Crippen LogP contribution in [0.4, 0.5) is 0 Å². The normalized spacial score (nSPS) is 21.8. The molecule has 0 aromatic heterocycles. The van der Waals surface area contributed by atoms with Gasteiger partial charge in [-0.25, -0.2) is 0 Å². The molecule has 0 aliphatic heterocycles. The molecule has 0 heterocycles. The van der Waals surface area contributed by atoms with Gasteiger partial charge >= 0.3 is 0 Å². The van der Waals surface area contributed by atoms with Gasteiger partial charge in [-0.2, -0.15) is 11.8 Å². The summed E-state index contributed by atoms with van der Waals surface area (Å²) in [6.07, 6.45) is 7.00. The molecule has 0 radical (unpaired) electrons. The minimum absolute atomic E-state index is 0.777. The monoisotopic (exact) mass is 229 g/mol. The maximum absolute atomic E-state index is 3.70. The van der Waals surface area contributed by atoms with E-state index in [1.807, 2.05) is 0 Å². The molecular formula is C13H27NS. The van der Waals surface area contributed by atoms with Crippen LogP contribution in [-0.2, 0) is 0 Å². The largest absolute Gasteiger partial charge is 0.313 e. The second kappa shape index (κ2) is 7.56. The van der Waals surface area contributed by atoms with Crippen molar-refractivity contribution in [2.75, 3.05) is 12.3 Å². The van der Waals surface area contributed by atoms with Crippen LogP contribution in [0.5, 0.6) is 0 Å².